The van der Waals surface area contributed by atoms with Gasteiger partial charge in [0.1, 0.15) is 0 Å². The van der Waals surface area contributed by atoms with Gasteiger partial charge in [0.05, 0.1) is 5.41 Å². The predicted octanol–water partition coefficient (Wildman–Crippen LogP) is 13.2. The van der Waals surface area contributed by atoms with E-state index in [9.17, 15) is 0 Å². The van der Waals surface area contributed by atoms with Crippen LogP contribution in [-0.4, -0.2) is 15.0 Å². The fourth-order valence-electron chi connectivity index (χ4n) is 9.68. The minimum atomic E-state index is -0.456. The molecule has 57 heavy (non-hydrogen) atoms. The zero-order valence-corrected chi connectivity index (χ0v) is 30.9. The molecule has 0 saturated heterocycles. The molecular formula is C54H33N3. The van der Waals surface area contributed by atoms with Crippen molar-refractivity contribution in [2.75, 3.05) is 0 Å². The highest BCUT2D eigenvalue weighted by Crippen LogP contribution is 2.63. The van der Waals surface area contributed by atoms with Crippen LogP contribution in [0.5, 0.6) is 0 Å². The minimum absolute atomic E-state index is 0.456. The van der Waals surface area contributed by atoms with E-state index in [1.807, 2.05) is 18.2 Å². The topological polar surface area (TPSA) is 38.7 Å². The van der Waals surface area contributed by atoms with E-state index in [2.05, 4.69) is 182 Å². The largest absolute Gasteiger partial charge is 0.208 e. The quantitative estimate of drug-likeness (QED) is 0.181. The summed E-state index contributed by atoms with van der Waals surface area (Å²) in [5, 5.41) is 4.71. The first-order chi connectivity index (χ1) is 28.3. The van der Waals surface area contributed by atoms with E-state index in [4.69, 9.17) is 15.0 Å². The van der Waals surface area contributed by atoms with Crippen molar-refractivity contribution >= 4 is 21.5 Å². The van der Waals surface area contributed by atoms with Gasteiger partial charge in [-0.15, -0.1) is 0 Å². The molecule has 2 aliphatic carbocycles. The molecule has 0 atom stereocenters. The van der Waals surface area contributed by atoms with Crippen LogP contribution < -0.4 is 0 Å². The van der Waals surface area contributed by atoms with Gasteiger partial charge in [-0.05, 0) is 95.4 Å². The highest BCUT2D eigenvalue weighted by atomic mass is 15.0. The molecule has 0 amide bonds. The highest BCUT2D eigenvalue weighted by Gasteiger charge is 2.51. The Balaban J connectivity index is 1.08. The summed E-state index contributed by atoms with van der Waals surface area (Å²) in [5.41, 5.74) is 15.1. The molecule has 264 valence electrons. The summed E-state index contributed by atoms with van der Waals surface area (Å²) < 4.78 is 0. The number of aromatic nitrogens is 3. The summed E-state index contributed by atoms with van der Waals surface area (Å²) in [6.07, 6.45) is 0. The van der Waals surface area contributed by atoms with Gasteiger partial charge in [0.25, 0.3) is 0 Å². The average Bonchev–Trinajstić information content (AvgIpc) is 3.76. The molecule has 1 spiro atoms. The molecule has 9 aromatic carbocycles. The van der Waals surface area contributed by atoms with Gasteiger partial charge in [-0.2, -0.15) is 0 Å². The summed E-state index contributed by atoms with van der Waals surface area (Å²) in [5.74, 6) is 1.94. The molecule has 12 rings (SSSR count). The van der Waals surface area contributed by atoms with Gasteiger partial charge in [-0.25, -0.2) is 15.0 Å². The number of fused-ring (bicyclic) bond motifs is 12. The van der Waals surface area contributed by atoms with Crippen molar-refractivity contribution in [1.29, 1.82) is 0 Å². The summed E-state index contributed by atoms with van der Waals surface area (Å²) >= 11 is 0. The molecule has 1 aromatic heterocycles. The van der Waals surface area contributed by atoms with E-state index in [1.54, 1.807) is 0 Å². The maximum atomic E-state index is 5.35. The van der Waals surface area contributed by atoms with E-state index < -0.39 is 5.41 Å². The van der Waals surface area contributed by atoms with Gasteiger partial charge in [0.2, 0.25) is 0 Å². The zero-order valence-electron chi connectivity index (χ0n) is 30.9. The van der Waals surface area contributed by atoms with Crippen LogP contribution in [0.15, 0.2) is 200 Å². The lowest BCUT2D eigenvalue weighted by Gasteiger charge is -2.30. The van der Waals surface area contributed by atoms with Crippen LogP contribution in [0, 0.1) is 0 Å². The van der Waals surface area contributed by atoms with Gasteiger partial charge in [-0.3, -0.25) is 0 Å². The number of hydrogen-bond donors (Lipinski definition) is 0. The maximum Gasteiger partial charge on any atom is 0.164 e. The smallest absolute Gasteiger partial charge is 0.164 e. The van der Waals surface area contributed by atoms with Crippen molar-refractivity contribution in [3.8, 4) is 67.5 Å². The zero-order chi connectivity index (χ0) is 37.5. The second-order valence-electron chi connectivity index (χ2n) is 15.1. The lowest BCUT2D eigenvalue weighted by molar-refractivity contribution is 0.794. The molecule has 0 saturated carbocycles. The molecule has 0 aliphatic heterocycles. The number of hydrogen-bond acceptors (Lipinski definition) is 3. The van der Waals surface area contributed by atoms with Gasteiger partial charge in [0.15, 0.2) is 17.5 Å². The van der Waals surface area contributed by atoms with Crippen molar-refractivity contribution < 1.29 is 0 Å². The van der Waals surface area contributed by atoms with Crippen LogP contribution in [0.4, 0.5) is 0 Å². The van der Waals surface area contributed by atoms with Crippen molar-refractivity contribution in [2.45, 2.75) is 5.41 Å². The highest BCUT2D eigenvalue weighted by molar-refractivity contribution is 6.05. The fraction of sp³-hybridized carbons (Fsp3) is 0.0185. The normalized spacial score (nSPS) is 13.1. The number of rotatable bonds is 4. The Bertz CT molecular complexity index is 3190. The van der Waals surface area contributed by atoms with Crippen molar-refractivity contribution in [1.82, 2.24) is 15.0 Å². The van der Waals surface area contributed by atoms with Crippen LogP contribution in [0.3, 0.4) is 0 Å². The molecule has 0 unspecified atom stereocenters. The summed E-state index contributed by atoms with van der Waals surface area (Å²) in [7, 11) is 0. The lowest BCUT2D eigenvalue weighted by atomic mass is 9.70. The van der Waals surface area contributed by atoms with Crippen molar-refractivity contribution in [3.05, 3.63) is 222 Å². The standard InChI is InChI=1S/C54H33N3/c1-2-15-35(16-3-1)51-55-52(57-53(56-51)46-31-30-39(40-18-6-7-19-41(40)46)37-27-26-34-14-4-5-17-36(34)32-37)38-28-29-45-44-22-10-13-25-49(44)54(50(45)33-38)47-23-11-8-20-42(47)43-21-9-12-24-48(43)54/h1-33H. The maximum absolute atomic E-state index is 5.35. The third-order valence-corrected chi connectivity index (χ3v) is 12.1. The molecule has 0 bridgehead atoms. The second-order valence-corrected chi connectivity index (χ2v) is 15.1. The second kappa shape index (κ2) is 12.3. The van der Waals surface area contributed by atoms with Crippen molar-refractivity contribution in [2.24, 2.45) is 0 Å². The monoisotopic (exact) mass is 723 g/mol. The Kier molecular flexibility index (Phi) is 6.84. The Labute approximate surface area is 330 Å². The van der Waals surface area contributed by atoms with E-state index in [0.717, 1.165) is 27.5 Å². The van der Waals surface area contributed by atoms with Crippen LogP contribution in [0.25, 0.3) is 89.1 Å². The Hall–Kier alpha value is -7.49. The minimum Gasteiger partial charge on any atom is -0.208 e. The molecule has 0 N–H and O–H groups in total. The van der Waals surface area contributed by atoms with E-state index in [0.29, 0.717) is 17.5 Å². The Morgan fingerprint density at radius 1 is 0.263 bits per heavy atom. The first-order valence-electron chi connectivity index (χ1n) is 19.5. The predicted molar refractivity (Wildman–Crippen MR) is 233 cm³/mol. The molecule has 1 heterocycles. The molecule has 0 fully saturated rings. The van der Waals surface area contributed by atoms with Crippen LogP contribution in [0.2, 0.25) is 0 Å². The van der Waals surface area contributed by atoms with Gasteiger partial charge < -0.3 is 0 Å². The van der Waals surface area contributed by atoms with Crippen molar-refractivity contribution in [3.63, 3.8) is 0 Å². The Morgan fingerprint density at radius 3 is 1.42 bits per heavy atom. The molecular weight excluding hydrogens is 691 g/mol. The van der Waals surface area contributed by atoms with E-state index in [-0.39, 0.29) is 0 Å². The summed E-state index contributed by atoms with van der Waals surface area (Å²) in [6.45, 7) is 0. The number of nitrogens with zero attached hydrogens (tertiary/aromatic N) is 3. The lowest BCUT2D eigenvalue weighted by Crippen LogP contribution is -2.25. The third kappa shape index (κ3) is 4.63. The van der Waals surface area contributed by atoms with Crippen LogP contribution >= 0.6 is 0 Å². The molecule has 3 heteroatoms. The Morgan fingerprint density at radius 2 is 0.737 bits per heavy atom. The van der Waals surface area contributed by atoms with Gasteiger partial charge in [-0.1, -0.05) is 182 Å². The first-order valence-corrected chi connectivity index (χ1v) is 19.5. The van der Waals surface area contributed by atoms with Gasteiger partial charge in [0, 0.05) is 16.7 Å². The fourth-order valence-corrected chi connectivity index (χ4v) is 9.68. The SMILES string of the molecule is c1ccc(-c2nc(-c3ccc4c(c3)C3(c5ccccc5-c5ccccc53)c3ccccc3-4)nc(-c3ccc(-c4ccc5ccccc5c4)c4ccccc34)n2)cc1. The first kappa shape index (κ1) is 31.8. The average molecular weight is 724 g/mol. The van der Waals surface area contributed by atoms with E-state index in [1.165, 1.54) is 66.4 Å². The molecule has 0 radical (unpaired) electrons. The van der Waals surface area contributed by atoms with Crippen LogP contribution in [-0.2, 0) is 5.41 Å². The van der Waals surface area contributed by atoms with Crippen LogP contribution in [0.1, 0.15) is 22.3 Å². The molecule has 2 aliphatic rings. The van der Waals surface area contributed by atoms with E-state index >= 15 is 0 Å². The number of benzene rings is 9. The summed E-state index contributed by atoms with van der Waals surface area (Å²) in [4.78, 5) is 15.8. The third-order valence-electron chi connectivity index (χ3n) is 12.1. The molecule has 10 aromatic rings. The molecule has 3 nitrogen and oxygen atoms in total. The van der Waals surface area contributed by atoms with Gasteiger partial charge >= 0.3 is 0 Å². The summed E-state index contributed by atoms with van der Waals surface area (Å²) in [6, 6.07) is 72.1.